The van der Waals surface area contributed by atoms with Crippen LogP contribution in [-0.2, 0) is 17.8 Å². The maximum atomic E-state index is 12.5. The molecule has 0 bridgehead atoms. The van der Waals surface area contributed by atoms with Crippen molar-refractivity contribution in [3.8, 4) is 0 Å². The molecule has 2 N–H and O–H groups in total. The van der Waals surface area contributed by atoms with Crippen LogP contribution in [0.2, 0.25) is 0 Å². The summed E-state index contributed by atoms with van der Waals surface area (Å²) in [5.74, 6) is 0.507. The molecule has 118 valence electrons. The van der Waals surface area contributed by atoms with E-state index in [1.165, 1.54) is 0 Å². The third kappa shape index (κ3) is 3.75. The van der Waals surface area contributed by atoms with Crippen LogP contribution in [0.4, 0.5) is 0 Å². The van der Waals surface area contributed by atoms with E-state index < -0.39 is 11.2 Å². The first-order valence-corrected chi connectivity index (χ1v) is 7.13. The van der Waals surface area contributed by atoms with Gasteiger partial charge in [0.1, 0.15) is 5.76 Å². The Morgan fingerprint density at radius 3 is 2.68 bits per heavy atom. The maximum absolute atomic E-state index is 12.5. The Morgan fingerprint density at radius 1 is 1.32 bits per heavy atom. The monoisotopic (exact) mass is 305 g/mol. The smallest absolute Gasteiger partial charge is 0.325 e. The minimum absolute atomic E-state index is 0.0569. The minimum Gasteiger partial charge on any atom is -0.467 e. The predicted octanol–water partition coefficient (Wildman–Crippen LogP) is 0.946. The van der Waals surface area contributed by atoms with Crippen LogP contribution in [-0.4, -0.2) is 27.3 Å². The van der Waals surface area contributed by atoms with Gasteiger partial charge in [0, 0.05) is 17.8 Å². The molecule has 0 unspecified atom stereocenters. The van der Waals surface area contributed by atoms with Crippen LogP contribution in [0.25, 0.3) is 0 Å². The van der Waals surface area contributed by atoms with Crippen molar-refractivity contribution in [2.75, 3.05) is 6.54 Å². The highest BCUT2D eigenvalue weighted by Gasteiger charge is 2.18. The highest BCUT2D eigenvalue weighted by atomic mass is 16.3. The van der Waals surface area contributed by atoms with Gasteiger partial charge in [-0.2, -0.15) is 0 Å². The van der Waals surface area contributed by atoms with Crippen molar-refractivity contribution < 1.29 is 9.21 Å². The standard InChI is InChI=1S/C15H19N3O4/c1-3-6-18(9-11-5-4-7-22-11)13(19)8-12-10(2)16-15(21)17-14(12)20/h4-5,7H,3,6,8-9H2,1-2H3,(H2,16,17,20,21). The van der Waals surface area contributed by atoms with Crippen LogP contribution in [0.5, 0.6) is 0 Å². The molecule has 0 aliphatic carbocycles. The molecule has 0 saturated carbocycles. The number of amides is 1. The summed E-state index contributed by atoms with van der Waals surface area (Å²) in [4.78, 5) is 41.8. The largest absolute Gasteiger partial charge is 0.467 e. The molecule has 0 spiro atoms. The van der Waals surface area contributed by atoms with Gasteiger partial charge >= 0.3 is 5.69 Å². The van der Waals surface area contributed by atoms with Gasteiger partial charge in [-0.25, -0.2) is 4.79 Å². The van der Waals surface area contributed by atoms with Crippen molar-refractivity contribution in [3.05, 3.63) is 56.3 Å². The van der Waals surface area contributed by atoms with E-state index >= 15 is 0 Å². The molecule has 0 radical (unpaired) electrons. The first-order valence-electron chi connectivity index (χ1n) is 7.13. The van der Waals surface area contributed by atoms with Crippen molar-refractivity contribution in [1.82, 2.24) is 14.9 Å². The summed E-state index contributed by atoms with van der Waals surface area (Å²) >= 11 is 0. The molecule has 2 heterocycles. The number of aromatic nitrogens is 2. The van der Waals surface area contributed by atoms with E-state index in [-0.39, 0.29) is 17.9 Å². The molecular weight excluding hydrogens is 286 g/mol. The van der Waals surface area contributed by atoms with Crippen LogP contribution in [0.1, 0.15) is 30.4 Å². The predicted molar refractivity (Wildman–Crippen MR) is 80.5 cm³/mol. The molecular formula is C15H19N3O4. The lowest BCUT2D eigenvalue weighted by molar-refractivity contribution is -0.131. The molecule has 1 amide bonds. The van der Waals surface area contributed by atoms with Gasteiger partial charge in [0.05, 0.1) is 19.2 Å². The summed E-state index contributed by atoms with van der Waals surface area (Å²) in [5, 5.41) is 0. The molecule has 0 saturated heterocycles. The van der Waals surface area contributed by atoms with E-state index in [1.807, 2.05) is 6.92 Å². The number of rotatable bonds is 6. The molecule has 22 heavy (non-hydrogen) atoms. The van der Waals surface area contributed by atoms with Gasteiger partial charge < -0.3 is 14.3 Å². The Balaban J connectivity index is 2.18. The molecule has 2 aromatic heterocycles. The third-order valence-electron chi connectivity index (χ3n) is 3.36. The Bertz CT molecular complexity index is 743. The number of carbonyl (C=O) groups excluding carboxylic acids is 1. The summed E-state index contributed by atoms with van der Waals surface area (Å²) in [7, 11) is 0. The molecule has 0 fully saturated rings. The van der Waals surface area contributed by atoms with E-state index in [0.29, 0.717) is 24.5 Å². The molecule has 2 rings (SSSR count). The summed E-state index contributed by atoms with van der Waals surface area (Å²) in [6.07, 6.45) is 2.30. The lowest BCUT2D eigenvalue weighted by atomic mass is 10.1. The molecule has 7 heteroatoms. The Labute approximate surface area is 127 Å². The number of H-pyrrole nitrogens is 2. The van der Waals surface area contributed by atoms with Gasteiger partial charge in [-0.05, 0) is 25.5 Å². The maximum Gasteiger partial charge on any atom is 0.325 e. The van der Waals surface area contributed by atoms with E-state index in [9.17, 15) is 14.4 Å². The molecule has 0 aromatic carbocycles. The van der Waals surface area contributed by atoms with Crippen LogP contribution in [0, 0.1) is 6.92 Å². The second-order valence-electron chi connectivity index (χ2n) is 5.08. The Morgan fingerprint density at radius 2 is 2.09 bits per heavy atom. The average molecular weight is 305 g/mol. The number of hydrogen-bond acceptors (Lipinski definition) is 4. The normalized spacial score (nSPS) is 10.6. The number of furan rings is 1. The highest BCUT2D eigenvalue weighted by Crippen LogP contribution is 2.09. The molecule has 2 aromatic rings. The molecule has 0 aliphatic heterocycles. The fraction of sp³-hybridized carbons (Fsp3) is 0.400. The summed E-state index contributed by atoms with van der Waals surface area (Å²) in [5.41, 5.74) is -0.398. The number of nitrogens with one attached hydrogen (secondary N) is 2. The quantitative estimate of drug-likeness (QED) is 0.829. The lowest BCUT2D eigenvalue weighted by Crippen LogP contribution is -2.35. The number of nitrogens with zero attached hydrogens (tertiary/aromatic N) is 1. The lowest BCUT2D eigenvalue weighted by Gasteiger charge is -2.21. The summed E-state index contributed by atoms with van der Waals surface area (Å²) in [6.45, 7) is 4.51. The van der Waals surface area contributed by atoms with Gasteiger partial charge in [-0.3, -0.25) is 14.6 Å². The average Bonchev–Trinajstić information content (AvgIpc) is 2.95. The molecule has 0 aliphatic rings. The first kappa shape index (κ1) is 15.8. The Hall–Kier alpha value is -2.57. The fourth-order valence-corrected chi connectivity index (χ4v) is 2.25. The minimum atomic E-state index is -0.570. The first-order chi connectivity index (χ1) is 10.5. The second kappa shape index (κ2) is 6.93. The van der Waals surface area contributed by atoms with E-state index in [2.05, 4.69) is 9.97 Å². The fourth-order valence-electron chi connectivity index (χ4n) is 2.25. The topological polar surface area (TPSA) is 99.2 Å². The van der Waals surface area contributed by atoms with Crippen molar-refractivity contribution in [1.29, 1.82) is 0 Å². The number of aromatic amines is 2. The SMILES string of the molecule is CCCN(Cc1ccco1)C(=O)Cc1c(C)[nH]c(=O)[nH]c1=O. The molecule has 7 nitrogen and oxygen atoms in total. The zero-order valence-corrected chi connectivity index (χ0v) is 12.6. The van der Waals surface area contributed by atoms with Crippen LogP contribution >= 0.6 is 0 Å². The third-order valence-corrected chi connectivity index (χ3v) is 3.36. The number of carbonyl (C=O) groups is 1. The zero-order valence-electron chi connectivity index (χ0n) is 12.6. The van der Waals surface area contributed by atoms with Crippen LogP contribution < -0.4 is 11.2 Å². The van der Waals surface area contributed by atoms with Gasteiger partial charge in [-0.1, -0.05) is 6.92 Å². The van der Waals surface area contributed by atoms with Crippen LogP contribution in [0.3, 0.4) is 0 Å². The molecule has 0 atom stereocenters. The number of aryl methyl sites for hydroxylation is 1. The van der Waals surface area contributed by atoms with E-state index in [4.69, 9.17) is 4.42 Å². The second-order valence-corrected chi connectivity index (χ2v) is 5.08. The highest BCUT2D eigenvalue weighted by molar-refractivity contribution is 5.78. The van der Waals surface area contributed by atoms with Gasteiger partial charge in [0.2, 0.25) is 5.91 Å². The van der Waals surface area contributed by atoms with E-state index in [0.717, 1.165) is 6.42 Å². The van der Waals surface area contributed by atoms with Crippen molar-refractivity contribution in [2.45, 2.75) is 33.2 Å². The van der Waals surface area contributed by atoms with Gasteiger partial charge in [-0.15, -0.1) is 0 Å². The number of hydrogen-bond donors (Lipinski definition) is 2. The van der Waals surface area contributed by atoms with Gasteiger partial charge in [0.25, 0.3) is 5.56 Å². The van der Waals surface area contributed by atoms with Crippen LogP contribution in [0.15, 0.2) is 32.4 Å². The summed E-state index contributed by atoms with van der Waals surface area (Å²) < 4.78 is 5.26. The summed E-state index contributed by atoms with van der Waals surface area (Å²) in [6, 6.07) is 3.56. The van der Waals surface area contributed by atoms with Crippen molar-refractivity contribution >= 4 is 5.91 Å². The Kier molecular flexibility index (Phi) is 4.98. The van der Waals surface area contributed by atoms with Crippen molar-refractivity contribution in [3.63, 3.8) is 0 Å². The van der Waals surface area contributed by atoms with Crippen molar-refractivity contribution in [2.24, 2.45) is 0 Å². The van der Waals surface area contributed by atoms with Gasteiger partial charge in [0.15, 0.2) is 0 Å². The van der Waals surface area contributed by atoms with E-state index in [1.54, 1.807) is 30.2 Å². The zero-order chi connectivity index (χ0) is 16.1.